The number of aryl methyl sites for hydroxylation is 2. The van der Waals surface area contributed by atoms with Crippen molar-refractivity contribution < 1.29 is 5.11 Å². The molecule has 1 unspecified atom stereocenters. The zero-order chi connectivity index (χ0) is 9.14. The zero-order valence-corrected chi connectivity index (χ0v) is 7.49. The maximum Gasteiger partial charge on any atom is 0.0821 e. The molecule has 0 radical (unpaired) electrons. The molecule has 0 aromatic carbocycles. The molecular weight excluding hydrogens is 154 g/mol. The van der Waals surface area contributed by atoms with Crippen molar-refractivity contribution in [1.82, 2.24) is 9.78 Å². The van der Waals surface area contributed by atoms with Crippen molar-refractivity contribution in [2.45, 2.75) is 19.4 Å². The standard InChI is InChI=1S/C8H15N3O/c1-6-5-11(2)10-8(6)7(9)3-4-12/h5,7,12H,3-4,9H2,1-2H3. The van der Waals surface area contributed by atoms with Gasteiger partial charge in [0.2, 0.25) is 0 Å². The Kier molecular flexibility index (Phi) is 2.83. The van der Waals surface area contributed by atoms with Gasteiger partial charge in [-0.25, -0.2) is 0 Å². The van der Waals surface area contributed by atoms with Crippen LogP contribution in [-0.2, 0) is 7.05 Å². The molecule has 68 valence electrons. The fraction of sp³-hybridized carbons (Fsp3) is 0.625. The van der Waals surface area contributed by atoms with Crippen LogP contribution >= 0.6 is 0 Å². The van der Waals surface area contributed by atoms with Crippen LogP contribution in [0.15, 0.2) is 6.20 Å². The van der Waals surface area contributed by atoms with E-state index < -0.39 is 0 Å². The Morgan fingerprint density at radius 1 is 1.75 bits per heavy atom. The number of nitrogens with two attached hydrogens (primary N) is 1. The van der Waals surface area contributed by atoms with Gasteiger partial charge >= 0.3 is 0 Å². The predicted octanol–water partition coefficient (Wildman–Crippen LogP) is 0.111. The lowest BCUT2D eigenvalue weighted by molar-refractivity contribution is 0.275. The Labute approximate surface area is 72.0 Å². The third kappa shape index (κ3) is 1.84. The second kappa shape index (κ2) is 3.69. The van der Waals surface area contributed by atoms with Gasteiger partial charge in [-0.3, -0.25) is 4.68 Å². The monoisotopic (exact) mass is 169 g/mol. The molecule has 0 fully saturated rings. The van der Waals surface area contributed by atoms with E-state index in [4.69, 9.17) is 10.8 Å². The van der Waals surface area contributed by atoms with Gasteiger partial charge in [0.05, 0.1) is 11.7 Å². The van der Waals surface area contributed by atoms with E-state index in [9.17, 15) is 0 Å². The summed E-state index contributed by atoms with van der Waals surface area (Å²) >= 11 is 0. The van der Waals surface area contributed by atoms with Crippen LogP contribution in [0.2, 0.25) is 0 Å². The number of rotatable bonds is 3. The number of hydrogen-bond donors (Lipinski definition) is 2. The number of aliphatic hydroxyl groups excluding tert-OH is 1. The van der Waals surface area contributed by atoms with E-state index in [0.717, 1.165) is 11.3 Å². The molecule has 0 aliphatic rings. The number of nitrogens with zero attached hydrogens (tertiary/aromatic N) is 2. The van der Waals surface area contributed by atoms with Crippen LogP contribution in [0.25, 0.3) is 0 Å². The van der Waals surface area contributed by atoms with E-state index in [1.54, 1.807) is 4.68 Å². The van der Waals surface area contributed by atoms with Crippen LogP contribution in [0, 0.1) is 6.92 Å². The van der Waals surface area contributed by atoms with Gasteiger partial charge < -0.3 is 10.8 Å². The number of hydrogen-bond acceptors (Lipinski definition) is 3. The second-order valence-electron chi connectivity index (χ2n) is 2.99. The summed E-state index contributed by atoms with van der Waals surface area (Å²) in [5.41, 5.74) is 7.75. The SMILES string of the molecule is Cc1cn(C)nc1C(N)CCO. The largest absolute Gasteiger partial charge is 0.396 e. The molecule has 0 aliphatic heterocycles. The lowest BCUT2D eigenvalue weighted by atomic mass is 10.1. The molecule has 0 spiro atoms. The smallest absolute Gasteiger partial charge is 0.0821 e. The molecule has 1 heterocycles. The summed E-state index contributed by atoms with van der Waals surface area (Å²) in [6, 6.07) is -0.142. The van der Waals surface area contributed by atoms with Gasteiger partial charge in [-0.2, -0.15) is 5.10 Å². The fourth-order valence-electron chi connectivity index (χ4n) is 1.27. The Hall–Kier alpha value is -0.870. The molecular formula is C8H15N3O. The highest BCUT2D eigenvalue weighted by Crippen LogP contribution is 2.14. The number of aliphatic hydroxyl groups is 1. The van der Waals surface area contributed by atoms with E-state index in [1.165, 1.54) is 0 Å². The van der Waals surface area contributed by atoms with E-state index in [0.29, 0.717) is 6.42 Å². The average molecular weight is 169 g/mol. The molecule has 0 saturated carbocycles. The Morgan fingerprint density at radius 3 is 2.83 bits per heavy atom. The van der Waals surface area contributed by atoms with E-state index in [1.807, 2.05) is 20.2 Å². The summed E-state index contributed by atoms with van der Waals surface area (Å²) in [4.78, 5) is 0. The maximum absolute atomic E-state index is 8.68. The minimum atomic E-state index is -0.142. The first kappa shape index (κ1) is 9.22. The van der Waals surface area contributed by atoms with Gasteiger partial charge in [-0.15, -0.1) is 0 Å². The molecule has 0 aliphatic carbocycles. The maximum atomic E-state index is 8.68. The van der Waals surface area contributed by atoms with Crippen molar-refractivity contribution in [2.24, 2.45) is 12.8 Å². The van der Waals surface area contributed by atoms with Crippen molar-refractivity contribution >= 4 is 0 Å². The van der Waals surface area contributed by atoms with Crippen LogP contribution in [0.5, 0.6) is 0 Å². The third-order valence-corrected chi connectivity index (χ3v) is 1.84. The first-order valence-electron chi connectivity index (χ1n) is 4.01. The van der Waals surface area contributed by atoms with Gasteiger partial charge in [0.1, 0.15) is 0 Å². The Bertz CT molecular complexity index is 257. The highest BCUT2D eigenvalue weighted by atomic mass is 16.3. The molecule has 0 bridgehead atoms. The molecule has 1 rings (SSSR count). The van der Waals surface area contributed by atoms with Crippen molar-refractivity contribution in [2.75, 3.05) is 6.61 Å². The molecule has 0 amide bonds. The summed E-state index contributed by atoms with van der Waals surface area (Å²) in [7, 11) is 1.86. The summed E-state index contributed by atoms with van der Waals surface area (Å²) in [5.74, 6) is 0. The lowest BCUT2D eigenvalue weighted by Gasteiger charge is -2.06. The summed E-state index contributed by atoms with van der Waals surface area (Å²) in [5, 5.41) is 12.9. The molecule has 1 aromatic rings. The van der Waals surface area contributed by atoms with Crippen LogP contribution in [0.1, 0.15) is 23.7 Å². The van der Waals surface area contributed by atoms with Gasteiger partial charge in [0.15, 0.2) is 0 Å². The molecule has 4 heteroatoms. The van der Waals surface area contributed by atoms with Gasteiger partial charge in [-0.05, 0) is 18.9 Å². The molecule has 4 nitrogen and oxygen atoms in total. The van der Waals surface area contributed by atoms with Crippen LogP contribution in [-0.4, -0.2) is 21.5 Å². The third-order valence-electron chi connectivity index (χ3n) is 1.84. The second-order valence-corrected chi connectivity index (χ2v) is 2.99. The Balaban J connectivity index is 2.79. The summed E-state index contributed by atoms with van der Waals surface area (Å²) in [6.07, 6.45) is 2.49. The average Bonchev–Trinajstić information content (AvgIpc) is 2.30. The van der Waals surface area contributed by atoms with Gasteiger partial charge in [-0.1, -0.05) is 0 Å². The molecule has 1 atom stereocenters. The topological polar surface area (TPSA) is 64.1 Å². The normalized spacial score (nSPS) is 13.3. The number of aromatic nitrogens is 2. The molecule has 12 heavy (non-hydrogen) atoms. The van der Waals surface area contributed by atoms with Crippen molar-refractivity contribution in [3.8, 4) is 0 Å². The molecule has 3 N–H and O–H groups in total. The highest BCUT2D eigenvalue weighted by Gasteiger charge is 2.11. The predicted molar refractivity (Wildman–Crippen MR) is 46.6 cm³/mol. The summed E-state index contributed by atoms with van der Waals surface area (Å²) in [6.45, 7) is 2.08. The molecule has 0 saturated heterocycles. The Morgan fingerprint density at radius 2 is 2.42 bits per heavy atom. The fourth-order valence-corrected chi connectivity index (χ4v) is 1.27. The van der Waals surface area contributed by atoms with Crippen molar-refractivity contribution in [1.29, 1.82) is 0 Å². The van der Waals surface area contributed by atoms with Gasteiger partial charge in [0, 0.05) is 19.9 Å². The van der Waals surface area contributed by atoms with Crippen molar-refractivity contribution in [3.63, 3.8) is 0 Å². The lowest BCUT2D eigenvalue weighted by Crippen LogP contribution is -2.13. The van der Waals surface area contributed by atoms with Crippen LogP contribution < -0.4 is 5.73 Å². The van der Waals surface area contributed by atoms with Crippen molar-refractivity contribution in [3.05, 3.63) is 17.5 Å². The van der Waals surface area contributed by atoms with E-state index >= 15 is 0 Å². The van der Waals surface area contributed by atoms with E-state index in [2.05, 4.69) is 5.10 Å². The first-order valence-corrected chi connectivity index (χ1v) is 4.01. The zero-order valence-electron chi connectivity index (χ0n) is 7.49. The minimum Gasteiger partial charge on any atom is -0.396 e. The van der Waals surface area contributed by atoms with Crippen LogP contribution in [0.4, 0.5) is 0 Å². The quantitative estimate of drug-likeness (QED) is 0.675. The highest BCUT2D eigenvalue weighted by molar-refractivity contribution is 5.18. The van der Waals surface area contributed by atoms with Gasteiger partial charge in [0.25, 0.3) is 0 Å². The first-order chi connectivity index (χ1) is 5.65. The van der Waals surface area contributed by atoms with E-state index in [-0.39, 0.29) is 12.6 Å². The summed E-state index contributed by atoms with van der Waals surface area (Å²) < 4.78 is 1.74. The molecule has 1 aromatic heterocycles. The van der Waals surface area contributed by atoms with Crippen LogP contribution in [0.3, 0.4) is 0 Å². The minimum absolute atomic E-state index is 0.108.